The Morgan fingerprint density at radius 1 is 1.42 bits per heavy atom. The van der Waals surface area contributed by atoms with Crippen LogP contribution in [0.15, 0.2) is 27.5 Å². The fourth-order valence-corrected chi connectivity index (χ4v) is 3.75. The van der Waals surface area contributed by atoms with Crippen LogP contribution in [0, 0.1) is 0 Å². The molecule has 1 aromatic rings. The molecule has 0 aliphatic carbocycles. The second kappa shape index (κ2) is 5.42. The van der Waals surface area contributed by atoms with Gasteiger partial charge in [0.2, 0.25) is 0 Å². The number of sulfonamides is 1. The van der Waals surface area contributed by atoms with E-state index in [2.05, 4.69) is 9.71 Å². The first-order valence-electron chi connectivity index (χ1n) is 5.98. The molecule has 0 radical (unpaired) electrons. The number of rotatable bonds is 3. The molecule has 0 aromatic heterocycles. The van der Waals surface area contributed by atoms with Gasteiger partial charge in [0.1, 0.15) is 10.6 Å². The Kier molecular flexibility index (Phi) is 4.05. The number of amidine groups is 1. The molecule has 0 amide bonds. The van der Waals surface area contributed by atoms with Crippen molar-refractivity contribution in [1.29, 1.82) is 0 Å². The summed E-state index contributed by atoms with van der Waals surface area (Å²) in [5.74, 6) is 0.529. The highest BCUT2D eigenvalue weighted by molar-refractivity contribution is 8.15. The minimum absolute atomic E-state index is 0.159. The van der Waals surface area contributed by atoms with E-state index in [1.54, 1.807) is 12.1 Å². The van der Waals surface area contributed by atoms with Gasteiger partial charge in [-0.2, -0.15) is 8.42 Å². The van der Waals surface area contributed by atoms with Crippen molar-refractivity contribution in [3.8, 4) is 5.75 Å². The third kappa shape index (κ3) is 3.22. The fourth-order valence-electron chi connectivity index (χ4n) is 1.65. The average molecular weight is 300 g/mol. The largest absolute Gasteiger partial charge is 0.494 e. The molecule has 1 aromatic carbocycles. The van der Waals surface area contributed by atoms with Gasteiger partial charge < -0.3 is 10.1 Å². The van der Waals surface area contributed by atoms with E-state index in [0.29, 0.717) is 23.2 Å². The Hall–Kier alpha value is -1.21. The molecule has 7 heteroatoms. The molecule has 0 fully saturated rings. The summed E-state index contributed by atoms with van der Waals surface area (Å²) in [6.07, 6.45) is 0. The molecule has 2 rings (SSSR count). The third-order valence-corrected chi connectivity index (χ3v) is 4.65. The van der Waals surface area contributed by atoms with Crippen molar-refractivity contribution in [3.05, 3.63) is 18.2 Å². The molecule has 1 N–H and O–H groups in total. The number of thioether (sulfide) groups is 1. The van der Waals surface area contributed by atoms with E-state index in [1.165, 1.54) is 17.8 Å². The number of anilines is 1. The molecule has 0 bridgehead atoms. The van der Waals surface area contributed by atoms with Crippen LogP contribution in [-0.4, -0.2) is 25.4 Å². The Morgan fingerprint density at radius 2 is 2.16 bits per heavy atom. The van der Waals surface area contributed by atoms with Gasteiger partial charge in [-0.1, -0.05) is 25.6 Å². The molecular weight excluding hydrogens is 284 g/mol. The molecule has 0 spiro atoms. The summed E-state index contributed by atoms with van der Waals surface area (Å²) in [7, 11) is -3.65. The molecule has 1 heterocycles. The quantitative estimate of drug-likeness (QED) is 0.929. The predicted molar refractivity (Wildman–Crippen MR) is 78.6 cm³/mol. The first-order valence-corrected chi connectivity index (χ1v) is 8.30. The standard InChI is InChI=1S/C12H16N2O3S2/c1-4-17-9-5-6-10-11(7-9)19(15,16)14-12(13-10)18-8(2)3/h5-8H,4H2,1-3H3,(H,13,14). The summed E-state index contributed by atoms with van der Waals surface area (Å²) >= 11 is 1.38. The molecule has 5 nitrogen and oxygen atoms in total. The van der Waals surface area contributed by atoms with Crippen molar-refractivity contribution in [2.24, 2.45) is 4.40 Å². The van der Waals surface area contributed by atoms with E-state index in [4.69, 9.17) is 4.74 Å². The van der Waals surface area contributed by atoms with Crippen LogP contribution in [0.4, 0.5) is 5.69 Å². The van der Waals surface area contributed by atoms with Crippen LogP contribution in [0.5, 0.6) is 5.75 Å². The number of nitrogens with one attached hydrogen (secondary N) is 1. The summed E-state index contributed by atoms with van der Waals surface area (Å²) in [5, 5.41) is 3.70. The molecule has 0 atom stereocenters. The molecule has 0 unspecified atom stereocenters. The lowest BCUT2D eigenvalue weighted by Gasteiger charge is -2.19. The summed E-state index contributed by atoms with van der Waals surface area (Å²) in [5.41, 5.74) is 0.543. The number of hydrogen-bond donors (Lipinski definition) is 1. The first-order chi connectivity index (χ1) is 8.92. The SMILES string of the molecule is CCOc1ccc2c(c1)S(=O)(=O)N=C(SC(C)C)N2. The lowest BCUT2D eigenvalue weighted by atomic mass is 10.3. The topological polar surface area (TPSA) is 67.8 Å². The van der Waals surface area contributed by atoms with E-state index in [9.17, 15) is 8.42 Å². The van der Waals surface area contributed by atoms with Crippen molar-refractivity contribution < 1.29 is 13.2 Å². The van der Waals surface area contributed by atoms with E-state index in [0.717, 1.165) is 0 Å². The van der Waals surface area contributed by atoms with E-state index in [1.807, 2.05) is 20.8 Å². The zero-order chi connectivity index (χ0) is 14.0. The van der Waals surface area contributed by atoms with Crippen LogP contribution in [0.1, 0.15) is 20.8 Å². The number of nitrogens with zero attached hydrogens (tertiary/aromatic N) is 1. The minimum atomic E-state index is -3.65. The van der Waals surface area contributed by atoms with Gasteiger partial charge in [-0.05, 0) is 19.1 Å². The summed E-state index contributed by atoms with van der Waals surface area (Å²) in [6.45, 7) is 6.30. The van der Waals surface area contributed by atoms with Gasteiger partial charge in [0.05, 0.1) is 12.3 Å². The van der Waals surface area contributed by atoms with Gasteiger partial charge >= 0.3 is 0 Å². The molecule has 0 saturated heterocycles. The van der Waals surface area contributed by atoms with Crippen LogP contribution in [0.25, 0.3) is 0 Å². The summed E-state index contributed by atoms with van der Waals surface area (Å²) in [6, 6.07) is 4.95. The molecular formula is C12H16N2O3S2. The first kappa shape index (κ1) is 14.2. The zero-order valence-corrected chi connectivity index (χ0v) is 12.6. The van der Waals surface area contributed by atoms with Crippen LogP contribution >= 0.6 is 11.8 Å². The normalized spacial score (nSPS) is 16.5. The van der Waals surface area contributed by atoms with Crippen molar-refractivity contribution in [3.63, 3.8) is 0 Å². The monoisotopic (exact) mass is 300 g/mol. The molecule has 19 heavy (non-hydrogen) atoms. The smallest absolute Gasteiger partial charge is 0.286 e. The number of ether oxygens (including phenoxy) is 1. The summed E-state index contributed by atoms with van der Waals surface area (Å²) in [4.78, 5) is 0.159. The van der Waals surface area contributed by atoms with E-state index in [-0.39, 0.29) is 10.1 Å². The highest BCUT2D eigenvalue weighted by Gasteiger charge is 2.26. The highest BCUT2D eigenvalue weighted by Crippen LogP contribution is 2.33. The molecule has 1 aliphatic rings. The molecule has 1 aliphatic heterocycles. The Balaban J connectivity index is 2.40. The fraction of sp³-hybridized carbons (Fsp3) is 0.417. The lowest BCUT2D eigenvalue weighted by Crippen LogP contribution is -2.20. The number of hydrogen-bond acceptors (Lipinski definition) is 5. The van der Waals surface area contributed by atoms with E-state index < -0.39 is 10.0 Å². The minimum Gasteiger partial charge on any atom is -0.494 e. The highest BCUT2D eigenvalue weighted by atomic mass is 32.2. The van der Waals surface area contributed by atoms with Crippen molar-refractivity contribution in [2.75, 3.05) is 11.9 Å². The Morgan fingerprint density at radius 3 is 2.79 bits per heavy atom. The Labute approximate surface area is 117 Å². The third-order valence-electron chi connectivity index (χ3n) is 2.33. The van der Waals surface area contributed by atoms with Gasteiger partial charge in [0, 0.05) is 11.3 Å². The summed E-state index contributed by atoms with van der Waals surface area (Å²) < 4.78 is 33.3. The lowest BCUT2D eigenvalue weighted by molar-refractivity contribution is 0.339. The van der Waals surface area contributed by atoms with Gasteiger partial charge in [-0.3, -0.25) is 0 Å². The van der Waals surface area contributed by atoms with Gasteiger partial charge in [-0.15, -0.1) is 4.40 Å². The Bertz CT molecular complexity index is 609. The maximum absolute atomic E-state index is 12.1. The van der Waals surface area contributed by atoms with Crippen molar-refractivity contribution >= 4 is 32.6 Å². The van der Waals surface area contributed by atoms with Gasteiger partial charge in [-0.25, -0.2) is 0 Å². The molecule has 104 valence electrons. The average Bonchev–Trinajstić information content (AvgIpc) is 2.28. The second-order valence-corrected chi connectivity index (χ2v) is 7.39. The van der Waals surface area contributed by atoms with Crippen LogP contribution in [0.3, 0.4) is 0 Å². The van der Waals surface area contributed by atoms with Gasteiger partial charge in [0.15, 0.2) is 5.17 Å². The van der Waals surface area contributed by atoms with Crippen LogP contribution < -0.4 is 10.1 Å². The van der Waals surface area contributed by atoms with Gasteiger partial charge in [0.25, 0.3) is 10.0 Å². The van der Waals surface area contributed by atoms with Crippen LogP contribution in [-0.2, 0) is 10.0 Å². The zero-order valence-electron chi connectivity index (χ0n) is 11.0. The molecule has 0 saturated carbocycles. The van der Waals surface area contributed by atoms with E-state index >= 15 is 0 Å². The number of fused-ring (bicyclic) bond motifs is 1. The number of benzene rings is 1. The maximum atomic E-state index is 12.1. The van der Waals surface area contributed by atoms with Crippen LogP contribution in [0.2, 0.25) is 0 Å². The van der Waals surface area contributed by atoms with Crippen molar-refractivity contribution in [1.82, 2.24) is 0 Å². The van der Waals surface area contributed by atoms with Crippen molar-refractivity contribution in [2.45, 2.75) is 30.9 Å². The second-order valence-electron chi connectivity index (χ2n) is 4.25. The maximum Gasteiger partial charge on any atom is 0.286 e. The predicted octanol–water partition coefficient (Wildman–Crippen LogP) is 2.70.